The molecule has 25 heavy (non-hydrogen) atoms. The molecule has 0 saturated carbocycles. The average molecular weight is 334 g/mol. The van der Waals surface area contributed by atoms with E-state index >= 15 is 0 Å². The van der Waals surface area contributed by atoms with Crippen LogP contribution in [-0.4, -0.2) is 18.9 Å². The Labute approximate surface area is 148 Å². The number of hydrogen-bond acceptors (Lipinski definition) is 4. The third-order valence-electron chi connectivity index (χ3n) is 4.33. The Morgan fingerprint density at radius 1 is 1.04 bits per heavy atom. The smallest absolute Gasteiger partial charge is 0.119 e. The van der Waals surface area contributed by atoms with Gasteiger partial charge in [0.2, 0.25) is 0 Å². The van der Waals surface area contributed by atoms with Crippen LogP contribution < -0.4 is 4.74 Å². The molecule has 0 bridgehead atoms. The maximum absolute atomic E-state index is 9.34. The lowest BCUT2D eigenvalue weighted by Gasteiger charge is -2.20. The van der Waals surface area contributed by atoms with Crippen molar-refractivity contribution in [2.24, 2.45) is 10.9 Å². The molecule has 1 heterocycles. The van der Waals surface area contributed by atoms with Crippen LogP contribution >= 0.6 is 0 Å². The molecule has 1 fully saturated rings. The summed E-state index contributed by atoms with van der Waals surface area (Å²) in [5, 5.41) is 9.34. The topological polar surface area (TPSA) is 54.6 Å². The van der Waals surface area contributed by atoms with Crippen LogP contribution in [0.4, 0.5) is 0 Å². The molecule has 2 aromatic rings. The van der Waals surface area contributed by atoms with Crippen LogP contribution in [0.3, 0.4) is 0 Å². The van der Waals surface area contributed by atoms with E-state index < -0.39 is 0 Å². The third-order valence-corrected chi connectivity index (χ3v) is 4.33. The van der Waals surface area contributed by atoms with Gasteiger partial charge in [0.05, 0.1) is 6.54 Å². The SMILES string of the molecule is N#CC(=NCc1ccc(OCc2ccccc2)cc1)C1CCOCC1. The first-order valence-electron chi connectivity index (χ1n) is 8.63. The van der Waals surface area contributed by atoms with Crippen molar-refractivity contribution in [3.63, 3.8) is 0 Å². The van der Waals surface area contributed by atoms with Crippen molar-refractivity contribution < 1.29 is 9.47 Å². The summed E-state index contributed by atoms with van der Waals surface area (Å²) in [5.74, 6) is 1.08. The molecule has 0 amide bonds. The molecular weight excluding hydrogens is 312 g/mol. The number of aliphatic imine (C=N–C) groups is 1. The van der Waals surface area contributed by atoms with Gasteiger partial charge in [0.25, 0.3) is 0 Å². The van der Waals surface area contributed by atoms with E-state index in [1.807, 2.05) is 54.6 Å². The van der Waals surface area contributed by atoms with Crippen LogP contribution in [0.25, 0.3) is 0 Å². The van der Waals surface area contributed by atoms with E-state index in [-0.39, 0.29) is 5.92 Å². The molecule has 1 aliphatic rings. The van der Waals surface area contributed by atoms with E-state index in [0.29, 0.717) is 18.9 Å². The second-order valence-electron chi connectivity index (χ2n) is 6.12. The zero-order valence-electron chi connectivity index (χ0n) is 14.2. The Balaban J connectivity index is 1.55. The van der Waals surface area contributed by atoms with Crippen LogP contribution in [0, 0.1) is 17.2 Å². The average Bonchev–Trinajstić information content (AvgIpc) is 2.69. The Morgan fingerprint density at radius 2 is 1.76 bits per heavy atom. The standard InChI is InChI=1S/C21H22N2O2/c22-14-21(19-10-12-24-13-11-19)23-15-17-6-8-20(9-7-17)25-16-18-4-2-1-3-5-18/h1-9,19H,10-13,15-16H2. The van der Waals surface area contributed by atoms with Crippen LogP contribution in [0.15, 0.2) is 59.6 Å². The minimum absolute atomic E-state index is 0.243. The Morgan fingerprint density at radius 3 is 2.44 bits per heavy atom. The van der Waals surface area contributed by atoms with Crippen LogP contribution in [0.2, 0.25) is 0 Å². The van der Waals surface area contributed by atoms with Gasteiger partial charge < -0.3 is 9.47 Å². The van der Waals surface area contributed by atoms with Crippen molar-refractivity contribution in [1.82, 2.24) is 0 Å². The number of rotatable bonds is 6. The van der Waals surface area contributed by atoms with Crippen molar-refractivity contribution in [2.45, 2.75) is 26.0 Å². The lowest BCUT2D eigenvalue weighted by molar-refractivity contribution is 0.0830. The molecule has 4 nitrogen and oxygen atoms in total. The summed E-state index contributed by atoms with van der Waals surface area (Å²) in [5.41, 5.74) is 2.87. The van der Waals surface area contributed by atoms with Crippen molar-refractivity contribution in [3.05, 3.63) is 65.7 Å². The second kappa shape index (κ2) is 9.00. The number of ether oxygens (including phenoxy) is 2. The predicted molar refractivity (Wildman–Crippen MR) is 97.5 cm³/mol. The van der Waals surface area contributed by atoms with E-state index in [0.717, 1.165) is 42.9 Å². The van der Waals surface area contributed by atoms with Gasteiger partial charge in [0, 0.05) is 19.1 Å². The molecule has 2 aromatic carbocycles. The summed E-state index contributed by atoms with van der Waals surface area (Å²) in [6.45, 7) is 2.53. The van der Waals surface area contributed by atoms with Gasteiger partial charge in [-0.15, -0.1) is 0 Å². The molecule has 0 radical (unpaired) electrons. The molecule has 1 saturated heterocycles. The molecule has 128 valence electrons. The van der Waals surface area contributed by atoms with Gasteiger partial charge in [-0.2, -0.15) is 5.26 Å². The predicted octanol–water partition coefficient (Wildman–Crippen LogP) is 4.16. The van der Waals surface area contributed by atoms with Gasteiger partial charge in [0.1, 0.15) is 24.1 Å². The zero-order valence-corrected chi connectivity index (χ0v) is 14.2. The number of nitrogens with zero attached hydrogens (tertiary/aromatic N) is 2. The largest absolute Gasteiger partial charge is 0.489 e. The molecule has 4 heteroatoms. The molecule has 0 aliphatic carbocycles. The van der Waals surface area contributed by atoms with E-state index in [1.54, 1.807) is 0 Å². The summed E-state index contributed by atoms with van der Waals surface area (Å²) in [4.78, 5) is 4.52. The maximum Gasteiger partial charge on any atom is 0.119 e. The summed E-state index contributed by atoms with van der Waals surface area (Å²) in [6, 6.07) is 20.3. The lowest BCUT2D eigenvalue weighted by atomic mass is 9.95. The van der Waals surface area contributed by atoms with Gasteiger partial charge in [-0.25, -0.2) is 0 Å². The lowest BCUT2D eigenvalue weighted by Crippen LogP contribution is -2.22. The fourth-order valence-electron chi connectivity index (χ4n) is 2.84. The van der Waals surface area contributed by atoms with E-state index in [9.17, 15) is 5.26 Å². The first-order chi connectivity index (χ1) is 12.3. The molecule has 1 aliphatic heterocycles. The Hall–Kier alpha value is -2.64. The van der Waals surface area contributed by atoms with Crippen molar-refractivity contribution in [2.75, 3.05) is 13.2 Å². The second-order valence-corrected chi connectivity index (χ2v) is 6.12. The highest BCUT2D eigenvalue weighted by molar-refractivity contribution is 6.00. The van der Waals surface area contributed by atoms with Gasteiger partial charge in [-0.3, -0.25) is 4.99 Å². The fourth-order valence-corrected chi connectivity index (χ4v) is 2.84. The third kappa shape index (κ3) is 5.17. The summed E-state index contributed by atoms with van der Waals surface area (Å²) < 4.78 is 11.1. The van der Waals surface area contributed by atoms with Crippen molar-refractivity contribution in [1.29, 1.82) is 5.26 Å². The highest BCUT2D eigenvalue weighted by atomic mass is 16.5. The van der Waals surface area contributed by atoms with E-state index in [4.69, 9.17) is 9.47 Å². The first-order valence-corrected chi connectivity index (χ1v) is 8.63. The van der Waals surface area contributed by atoms with Gasteiger partial charge in [0.15, 0.2) is 0 Å². The van der Waals surface area contributed by atoms with E-state index in [2.05, 4.69) is 11.1 Å². The van der Waals surface area contributed by atoms with E-state index in [1.165, 1.54) is 0 Å². The number of nitriles is 1. The zero-order chi connectivity index (χ0) is 17.3. The number of hydrogen-bond donors (Lipinski definition) is 0. The van der Waals surface area contributed by atoms with Crippen molar-refractivity contribution >= 4 is 5.71 Å². The first kappa shape index (κ1) is 17.2. The monoisotopic (exact) mass is 334 g/mol. The van der Waals surface area contributed by atoms with Crippen LogP contribution in [0.5, 0.6) is 5.75 Å². The van der Waals surface area contributed by atoms with Crippen LogP contribution in [-0.2, 0) is 17.9 Å². The van der Waals surface area contributed by atoms with Gasteiger partial charge >= 0.3 is 0 Å². The quantitative estimate of drug-likeness (QED) is 0.746. The summed E-state index contributed by atoms with van der Waals surface area (Å²) in [6.07, 6.45) is 1.78. The molecule has 0 atom stereocenters. The molecular formula is C21H22N2O2. The molecule has 0 spiro atoms. The minimum atomic E-state index is 0.243. The highest BCUT2D eigenvalue weighted by Crippen LogP contribution is 2.18. The molecule has 0 N–H and O–H groups in total. The normalized spacial score (nSPS) is 15.6. The Bertz CT molecular complexity index is 727. The van der Waals surface area contributed by atoms with Crippen LogP contribution in [0.1, 0.15) is 24.0 Å². The maximum atomic E-state index is 9.34. The summed E-state index contributed by atoms with van der Waals surface area (Å²) >= 11 is 0. The fraction of sp³-hybridized carbons (Fsp3) is 0.333. The van der Waals surface area contributed by atoms with Crippen molar-refractivity contribution in [3.8, 4) is 11.8 Å². The molecule has 3 rings (SSSR count). The van der Waals surface area contributed by atoms with Gasteiger partial charge in [-0.1, -0.05) is 42.5 Å². The highest BCUT2D eigenvalue weighted by Gasteiger charge is 2.19. The van der Waals surface area contributed by atoms with Gasteiger partial charge in [-0.05, 0) is 36.1 Å². The summed E-state index contributed by atoms with van der Waals surface area (Å²) in [7, 11) is 0. The number of benzene rings is 2. The molecule has 0 aromatic heterocycles. The molecule has 0 unspecified atom stereocenters. The Kier molecular flexibility index (Phi) is 6.19. The minimum Gasteiger partial charge on any atom is -0.489 e.